The van der Waals surface area contributed by atoms with Gasteiger partial charge in [0.05, 0.1) is 19.9 Å². The number of carbonyl (C=O) groups is 1. The molecule has 0 spiro atoms. The second-order valence-electron chi connectivity index (χ2n) is 8.51. The van der Waals surface area contributed by atoms with Gasteiger partial charge in [-0.1, -0.05) is 18.2 Å². The highest BCUT2D eigenvalue weighted by molar-refractivity contribution is 5.93. The van der Waals surface area contributed by atoms with Crippen LogP contribution in [0.15, 0.2) is 60.7 Å². The summed E-state index contributed by atoms with van der Waals surface area (Å²) in [6.07, 6.45) is -4.72. The fourth-order valence-electron chi connectivity index (χ4n) is 4.39. The topological polar surface area (TPSA) is 72.2 Å². The Morgan fingerprint density at radius 3 is 2.24 bits per heavy atom. The summed E-state index contributed by atoms with van der Waals surface area (Å²) in [6.45, 7) is 2.08. The first kappa shape index (κ1) is 24.4. The van der Waals surface area contributed by atoms with E-state index in [9.17, 15) is 18.0 Å². The molecule has 11 heteroatoms. The number of halogens is 3. The first-order valence-electron chi connectivity index (χ1n) is 11.6. The molecule has 0 aliphatic carbocycles. The highest BCUT2D eigenvalue weighted by Crippen LogP contribution is 2.35. The molecule has 1 fully saturated rings. The van der Waals surface area contributed by atoms with Gasteiger partial charge in [0.1, 0.15) is 0 Å². The molecular weight excluding hydrogens is 487 g/mol. The first-order chi connectivity index (χ1) is 17.8. The number of hydrogen-bond acceptors (Lipinski definition) is 6. The molecule has 0 N–H and O–H groups in total. The minimum absolute atomic E-state index is 0.0659. The van der Waals surface area contributed by atoms with E-state index in [4.69, 9.17) is 9.47 Å². The Balaban J connectivity index is 1.46. The molecule has 8 nitrogen and oxygen atoms in total. The number of rotatable bonds is 5. The van der Waals surface area contributed by atoms with E-state index in [1.54, 1.807) is 23.1 Å². The van der Waals surface area contributed by atoms with Crippen LogP contribution in [0.2, 0.25) is 0 Å². The van der Waals surface area contributed by atoms with Gasteiger partial charge in [-0.25, -0.2) is 9.50 Å². The average molecular weight is 512 g/mol. The van der Waals surface area contributed by atoms with Crippen LogP contribution in [0.3, 0.4) is 0 Å². The molecule has 0 bridgehead atoms. The number of fused-ring (bicyclic) bond motifs is 1. The Hall–Kier alpha value is -4.28. The number of anilines is 1. The van der Waals surface area contributed by atoms with E-state index in [0.29, 0.717) is 47.8 Å². The number of alkyl halides is 3. The van der Waals surface area contributed by atoms with Crippen molar-refractivity contribution in [3.8, 4) is 22.8 Å². The standard InChI is InChI=1S/C26H24F3N5O3/c1-36-21-9-8-17(14-22(21)37-2)19-15-23(26(27,28)29)34-24(30-19)16-20(31-34)25(35)33-12-10-32(11-13-33)18-6-4-3-5-7-18/h3-9,14-16H,10-13H2,1-2H3. The fourth-order valence-corrected chi connectivity index (χ4v) is 4.39. The number of piperazine rings is 1. The molecule has 2 aromatic carbocycles. The van der Waals surface area contributed by atoms with Gasteiger partial charge < -0.3 is 19.3 Å². The molecule has 37 heavy (non-hydrogen) atoms. The van der Waals surface area contributed by atoms with Crippen molar-refractivity contribution in [2.24, 2.45) is 0 Å². The number of benzene rings is 2. The monoisotopic (exact) mass is 511 g/mol. The van der Waals surface area contributed by atoms with Crippen molar-refractivity contribution in [1.29, 1.82) is 0 Å². The molecule has 1 aliphatic heterocycles. The van der Waals surface area contributed by atoms with Crippen molar-refractivity contribution in [2.45, 2.75) is 6.18 Å². The van der Waals surface area contributed by atoms with Crippen LogP contribution < -0.4 is 14.4 Å². The van der Waals surface area contributed by atoms with Gasteiger partial charge in [-0.05, 0) is 36.4 Å². The van der Waals surface area contributed by atoms with E-state index in [1.807, 2.05) is 30.3 Å². The van der Waals surface area contributed by atoms with Crippen LogP contribution in [-0.4, -0.2) is 65.8 Å². The quantitative estimate of drug-likeness (QED) is 0.396. The Morgan fingerprint density at radius 1 is 0.892 bits per heavy atom. The molecule has 0 unspecified atom stereocenters. The van der Waals surface area contributed by atoms with E-state index in [2.05, 4.69) is 15.0 Å². The van der Waals surface area contributed by atoms with Crippen molar-refractivity contribution >= 4 is 17.2 Å². The third kappa shape index (κ3) is 4.76. The lowest BCUT2D eigenvalue weighted by atomic mass is 10.1. The summed E-state index contributed by atoms with van der Waals surface area (Å²) in [4.78, 5) is 21.3. The molecular formula is C26H24F3N5O3. The number of ether oxygens (including phenoxy) is 2. The first-order valence-corrected chi connectivity index (χ1v) is 11.6. The van der Waals surface area contributed by atoms with Gasteiger partial charge in [0, 0.05) is 43.5 Å². The van der Waals surface area contributed by atoms with Gasteiger partial charge in [0.25, 0.3) is 5.91 Å². The van der Waals surface area contributed by atoms with Crippen molar-refractivity contribution < 1.29 is 27.4 Å². The second-order valence-corrected chi connectivity index (χ2v) is 8.51. The fraction of sp³-hybridized carbons (Fsp3) is 0.269. The molecule has 1 saturated heterocycles. The van der Waals surface area contributed by atoms with E-state index in [0.717, 1.165) is 11.8 Å². The molecule has 192 valence electrons. The van der Waals surface area contributed by atoms with E-state index >= 15 is 0 Å². The molecule has 1 amide bonds. The zero-order chi connectivity index (χ0) is 26.2. The summed E-state index contributed by atoms with van der Waals surface area (Å²) in [5.74, 6) is 0.362. The number of carbonyl (C=O) groups excluding carboxylic acids is 1. The van der Waals surface area contributed by atoms with Crippen molar-refractivity contribution in [3.05, 3.63) is 72.1 Å². The zero-order valence-corrected chi connectivity index (χ0v) is 20.2. The Bertz CT molecular complexity index is 1430. The summed E-state index contributed by atoms with van der Waals surface area (Å²) in [5.41, 5.74) is 0.327. The number of amides is 1. The molecule has 0 saturated carbocycles. The average Bonchev–Trinajstić information content (AvgIpc) is 3.36. The summed E-state index contributed by atoms with van der Waals surface area (Å²) in [7, 11) is 2.91. The molecule has 0 atom stereocenters. The maximum absolute atomic E-state index is 14.0. The smallest absolute Gasteiger partial charge is 0.433 e. The van der Waals surface area contributed by atoms with Crippen LogP contribution in [0.25, 0.3) is 16.9 Å². The third-order valence-electron chi connectivity index (χ3n) is 6.30. The second kappa shape index (κ2) is 9.64. The summed E-state index contributed by atoms with van der Waals surface area (Å²) in [5, 5.41) is 4.01. The minimum Gasteiger partial charge on any atom is -0.493 e. The Kier molecular flexibility index (Phi) is 6.36. The SMILES string of the molecule is COc1ccc(-c2cc(C(F)(F)F)n3nc(C(=O)N4CCN(c5ccccc5)CC4)cc3n2)cc1OC. The number of aromatic nitrogens is 3. The number of nitrogens with zero attached hydrogens (tertiary/aromatic N) is 5. The van der Waals surface area contributed by atoms with Crippen LogP contribution in [0.1, 0.15) is 16.2 Å². The highest BCUT2D eigenvalue weighted by atomic mass is 19.4. The van der Waals surface area contributed by atoms with Crippen molar-refractivity contribution in [3.63, 3.8) is 0 Å². The predicted molar refractivity (Wildman–Crippen MR) is 131 cm³/mol. The molecule has 1 aliphatic rings. The minimum atomic E-state index is -4.72. The van der Waals surface area contributed by atoms with Gasteiger partial charge in [-0.3, -0.25) is 4.79 Å². The number of hydrogen-bond donors (Lipinski definition) is 0. The largest absolute Gasteiger partial charge is 0.493 e. The number of methoxy groups -OCH3 is 2. The van der Waals surface area contributed by atoms with Crippen LogP contribution in [0.4, 0.5) is 18.9 Å². The summed E-state index contributed by atoms with van der Waals surface area (Å²) >= 11 is 0. The number of para-hydroxylation sites is 1. The van der Waals surface area contributed by atoms with Gasteiger partial charge in [-0.15, -0.1) is 0 Å². The van der Waals surface area contributed by atoms with Crippen LogP contribution in [0.5, 0.6) is 11.5 Å². The van der Waals surface area contributed by atoms with Gasteiger partial charge in [-0.2, -0.15) is 18.3 Å². The molecule has 0 radical (unpaired) electrons. The van der Waals surface area contributed by atoms with E-state index in [-0.39, 0.29) is 17.0 Å². The van der Waals surface area contributed by atoms with Gasteiger partial charge in [0.15, 0.2) is 28.5 Å². The van der Waals surface area contributed by atoms with Gasteiger partial charge in [0.2, 0.25) is 0 Å². The van der Waals surface area contributed by atoms with E-state index in [1.165, 1.54) is 20.3 Å². The summed E-state index contributed by atoms with van der Waals surface area (Å²) < 4.78 is 53.2. The molecule has 3 heterocycles. The van der Waals surface area contributed by atoms with Crippen molar-refractivity contribution in [2.75, 3.05) is 45.3 Å². The lowest BCUT2D eigenvalue weighted by Crippen LogP contribution is -2.48. The molecule has 4 aromatic rings. The van der Waals surface area contributed by atoms with Crippen LogP contribution in [-0.2, 0) is 6.18 Å². The van der Waals surface area contributed by atoms with E-state index < -0.39 is 17.8 Å². The van der Waals surface area contributed by atoms with Crippen LogP contribution >= 0.6 is 0 Å². The van der Waals surface area contributed by atoms with Gasteiger partial charge >= 0.3 is 6.18 Å². The molecule has 2 aromatic heterocycles. The maximum atomic E-state index is 14.0. The Labute approximate surface area is 210 Å². The third-order valence-corrected chi connectivity index (χ3v) is 6.30. The Morgan fingerprint density at radius 2 is 1.59 bits per heavy atom. The lowest BCUT2D eigenvalue weighted by Gasteiger charge is -2.35. The maximum Gasteiger partial charge on any atom is 0.433 e. The van der Waals surface area contributed by atoms with Crippen molar-refractivity contribution in [1.82, 2.24) is 19.5 Å². The normalized spacial score (nSPS) is 14.2. The lowest BCUT2D eigenvalue weighted by molar-refractivity contribution is -0.142. The zero-order valence-electron chi connectivity index (χ0n) is 20.2. The summed E-state index contributed by atoms with van der Waals surface area (Å²) in [6, 6.07) is 16.8. The highest BCUT2D eigenvalue weighted by Gasteiger charge is 2.36. The van der Waals surface area contributed by atoms with Crippen LogP contribution in [0, 0.1) is 0 Å². The predicted octanol–water partition coefficient (Wildman–Crippen LogP) is 4.39. The molecule has 5 rings (SSSR count).